The summed E-state index contributed by atoms with van der Waals surface area (Å²) in [6.07, 6.45) is 0.167. The SMILES string of the molecule is COc1ccc(Br)cc1CN(C)[C@H](C)C(=O)N1C[C@@H](C)O[C@H](C)C1. The van der Waals surface area contributed by atoms with E-state index in [1.165, 1.54) is 0 Å². The molecule has 0 saturated carbocycles. The number of ether oxygens (including phenoxy) is 2. The van der Waals surface area contributed by atoms with Gasteiger partial charge >= 0.3 is 0 Å². The molecular formula is C18H27BrN2O3. The Kier molecular flexibility index (Phi) is 6.66. The number of methoxy groups -OCH3 is 1. The van der Waals surface area contributed by atoms with Gasteiger partial charge in [0.1, 0.15) is 5.75 Å². The lowest BCUT2D eigenvalue weighted by molar-refractivity contribution is -0.147. The third-order valence-corrected chi connectivity index (χ3v) is 4.91. The van der Waals surface area contributed by atoms with Crippen LogP contribution in [0.25, 0.3) is 0 Å². The molecule has 1 aliphatic heterocycles. The minimum Gasteiger partial charge on any atom is -0.496 e. The van der Waals surface area contributed by atoms with Crippen LogP contribution in [-0.2, 0) is 16.1 Å². The molecule has 1 aromatic rings. The molecule has 1 aromatic carbocycles. The Morgan fingerprint density at radius 1 is 1.42 bits per heavy atom. The summed E-state index contributed by atoms with van der Waals surface area (Å²) in [4.78, 5) is 16.8. The molecular weight excluding hydrogens is 372 g/mol. The van der Waals surface area contributed by atoms with Gasteiger partial charge in [-0.2, -0.15) is 0 Å². The molecule has 0 radical (unpaired) electrons. The number of halogens is 1. The maximum Gasteiger partial charge on any atom is 0.239 e. The fraction of sp³-hybridized carbons (Fsp3) is 0.611. The van der Waals surface area contributed by atoms with Gasteiger partial charge in [0.15, 0.2) is 0 Å². The van der Waals surface area contributed by atoms with Crippen LogP contribution in [0.1, 0.15) is 26.3 Å². The van der Waals surface area contributed by atoms with Crippen molar-refractivity contribution in [3.05, 3.63) is 28.2 Å². The summed E-state index contributed by atoms with van der Waals surface area (Å²) in [7, 11) is 3.63. The number of benzene rings is 1. The quantitative estimate of drug-likeness (QED) is 0.764. The van der Waals surface area contributed by atoms with E-state index in [0.717, 1.165) is 15.8 Å². The van der Waals surface area contributed by atoms with Crippen LogP contribution in [0.3, 0.4) is 0 Å². The number of rotatable bonds is 5. The molecule has 1 amide bonds. The van der Waals surface area contributed by atoms with Crippen molar-refractivity contribution in [3.8, 4) is 5.75 Å². The van der Waals surface area contributed by atoms with Gasteiger partial charge in [0, 0.05) is 29.7 Å². The fourth-order valence-electron chi connectivity index (χ4n) is 3.09. The molecule has 0 spiro atoms. The molecule has 0 unspecified atom stereocenters. The van der Waals surface area contributed by atoms with Crippen LogP contribution in [0.15, 0.2) is 22.7 Å². The van der Waals surface area contributed by atoms with Gasteiger partial charge < -0.3 is 14.4 Å². The minimum atomic E-state index is -0.203. The third kappa shape index (κ3) is 4.71. The molecule has 0 N–H and O–H groups in total. The number of hydrogen-bond acceptors (Lipinski definition) is 4. The molecule has 0 aliphatic carbocycles. The van der Waals surface area contributed by atoms with Crippen molar-refractivity contribution in [2.45, 2.75) is 45.6 Å². The van der Waals surface area contributed by atoms with E-state index in [-0.39, 0.29) is 24.2 Å². The number of carbonyl (C=O) groups excluding carboxylic acids is 1. The van der Waals surface area contributed by atoms with Gasteiger partial charge in [0.2, 0.25) is 5.91 Å². The second kappa shape index (κ2) is 8.32. The van der Waals surface area contributed by atoms with E-state index in [0.29, 0.717) is 19.6 Å². The summed E-state index contributed by atoms with van der Waals surface area (Å²) in [5, 5.41) is 0. The molecule has 1 fully saturated rings. The Balaban J connectivity index is 2.05. The average Bonchev–Trinajstić information content (AvgIpc) is 2.52. The van der Waals surface area contributed by atoms with E-state index in [2.05, 4.69) is 20.8 Å². The van der Waals surface area contributed by atoms with E-state index in [1.54, 1.807) is 7.11 Å². The zero-order valence-corrected chi connectivity index (χ0v) is 16.7. The predicted octanol–water partition coefficient (Wildman–Crippen LogP) is 2.91. The summed E-state index contributed by atoms with van der Waals surface area (Å²) < 4.78 is 12.1. The fourth-order valence-corrected chi connectivity index (χ4v) is 3.50. The molecule has 0 aromatic heterocycles. The number of carbonyl (C=O) groups is 1. The van der Waals surface area contributed by atoms with E-state index in [9.17, 15) is 4.79 Å². The van der Waals surface area contributed by atoms with Crippen LogP contribution in [0.5, 0.6) is 5.75 Å². The first kappa shape index (κ1) is 19.2. The van der Waals surface area contributed by atoms with Crippen molar-refractivity contribution < 1.29 is 14.3 Å². The molecule has 134 valence electrons. The largest absolute Gasteiger partial charge is 0.496 e. The van der Waals surface area contributed by atoms with Gasteiger partial charge in [-0.1, -0.05) is 15.9 Å². The number of amides is 1. The Bertz CT molecular complexity index is 571. The standard InChI is InChI=1S/C18H27BrN2O3/c1-12-9-21(10-13(2)24-12)18(22)14(3)20(4)11-15-8-16(19)6-7-17(15)23-5/h6-8,12-14H,9-11H2,1-5H3/t12-,13-,14-/m1/s1. The maximum atomic E-state index is 12.8. The number of nitrogens with zero attached hydrogens (tertiary/aromatic N) is 2. The number of hydrogen-bond donors (Lipinski definition) is 0. The number of morpholine rings is 1. The Morgan fingerprint density at radius 2 is 2.04 bits per heavy atom. The Morgan fingerprint density at radius 3 is 2.62 bits per heavy atom. The number of likely N-dealkylation sites (N-methyl/N-ethyl adjacent to an activating group) is 1. The highest BCUT2D eigenvalue weighted by Crippen LogP contribution is 2.25. The normalized spacial score (nSPS) is 22.5. The zero-order chi connectivity index (χ0) is 17.9. The second-order valence-corrected chi connectivity index (χ2v) is 7.46. The van der Waals surface area contributed by atoms with E-state index < -0.39 is 0 Å². The van der Waals surface area contributed by atoms with Crippen molar-refractivity contribution in [1.29, 1.82) is 0 Å². The monoisotopic (exact) mass is 398 g/mol. The highest BCUT2D eigenvalue weighted by Gasteiger charge is 2.30. The first-order valence-electron chi connectivity index (χ1n) is 8.28. The lowest BCUT2D eigenvalue weighted by Crippen LogP contribution is -2.53. The van der Waals surface area contributed by atoms with E-state index in [4.69, 9.17) is 9.47 Å². The molecule has 1 heterocycles. The topological polar surface area (TPSA) is 42.0 Å². The van der Waals surface area contributed by atoms with Crippen molar-refractivity contribution in [2.24, 2.45) is 0 Å². The summed E-state index contributed by atoms with van der Waals surface area (Å²) in [5.74, 6) is 0.978. The lowest BCUT2D eigenvalue weighted by Gasteiger charge is -2.38. The molecule has 0 bridgehead atoms. The summed E-state index contributed by atoms with van der Waals surface area (Å²) in [6.45, 7) is 7.93. The van der Waals surface area contributed by atoms with Crippen molar-refractivity contribution in [3.63, 3.8) is 0 Å². The van der Waals surface area contributed by atoms with Gasteiger partial charge in [-0.3, -0.25) is 9.69 Å². The third-order valence-electron chi connectivity index (χ3n) is 4.41. The van der Waals surface area contributed by atoms with Gasteiger partial charge in [-0.25, -0.2) is 0 Å². The second-order valence-electron chi connectivity index (χ2n) is 6.55. The predicted molar refractivity (Wildman–Crippen MR) is 98.2 cm³/mol. The van der Waals surface area contributed by atoms with Crippen LogP contribution < -0.4 is 4.74 Å². The van der Waals surface area contributed by atoms with Crippen LogP contribution in [0.2, 0.25) is 0 Å². The highest BCUT2D eigenvalue weighted by molar-refractivity contribution is 9.10. The highest BCUT2D eigenvalue weighted by atomic mass is 79.9. The first-order valence-corrected chi connectivity index (χ1v) is 9.08. The Hall–Kier alpha value is -1.11. The average molecular weight is 399 g/mol. The van der Waals surface area contributed by atoms with E-state index in [1.807, 2.05) is 50.9 Å². The minimum absolute atomic E-state index is 0.0837. The smallest absolute Gasteiger partial charge is 0.239 e. The van der Waals surface area contributed by atoms with Gasteiger partial charge in [-0.05, 0) is 46.0 Å². The first-order chi connectivity index (χ1) is 11.3. The van der Waals surface area contributed by atoms with Crippen LogP contribution in [-0.4, -0.2) is 61.2 Å². The molecule has 24 heavy (non-hydrogen) atoms. The molecule has 5 nitrogen and oxygen atoms in total. The molecule has 1 aliphatic rings. The summed E-state index contributed by atoms with van der Waals surface area (Å²) in [6, 6.07) is 5.72. The van der Waals surface area contributed by atoms with Crippen LogP contribution >= 0.6 is 15.9 Å². The Labute approximate surface area is 153 Å². The van der Waals surface area contributed by atoms with E-state index >= 15 is 0 Å². The van der Waals surface area contributed by atoms with Crippen molar-refractivity contribution >= 4 is 21.8 Å². The zero-order valence-electron chi connectivity index (χ0n) is 15.1. The van der Waals surface area contributed by atoms with Gasteiger partial charge in [0.05, 0.1) is 25.4 Å². The van der Waals surface area contributed by atoms with Crippen LogP contribution in [0.4, 0.5) is 0 Å². The molecule has 3 atom stereocenters. The van der Waals surface area contributed by atoms with Crippen molar-refractivity contribution in [1.82, 2.24) is 9.80 Å². The van der Waals surface area contributed by atoms with Crippen LogP contribution in [0, 0.1) is 0 Å². The van der Waals surface area contributed by atoms with Crippen molar-refractivity contribution in [2.75, 3.05) is 27.2 Å². The summed E-state index contributed by atoms with van der Waals surface area (Å²) in [5.41, 5.74) is 1.05. The van der Waals surface area contributed by atoms with Gasteiger partial charge in [0.25, 0.3) is 0 Å². The molecule has 6 heteroatoms. The van der Waals surface area contributed by atoms with Gasteiger partial charge in [-0.15, -0.1) is 0 Å². The molecule has 2 rings (SSSR count). The lowest BCUT2D eigenvalue weighted by atomic mass is 10.1. The molecule has 1 saturated heterocycles. The maximum absolute atomic E-state index is 12.8. The summed E-state index contributed by atoms with van der Waals surface area (Å²) >= 11 is 3.49.